The fraction of sp³-hybridized carbons (Fsp3) is 1.00. The highest BCUT2D eigenvalue weighted by atomic mass is 32.2. The molecule has 0 unspecified atom stereocenters. The van der Waals surface area contributed by atoms with Crippen molar-refractivity contribution in [3.8, 4) is 0 Å². The van der Waals surface area contributed by atoms with Crippen molar-refractivity contribution in [1.29, 1.82) is 4.78 Å². The minimum absolute atomic E-state index is 0.633. The van der Waals surface area contributed by atoms with E-state index >= 15 is 0 Å². The summed E-state index contributed by atoms with van der Waals surface area (Å²) in [5.74, 6) is 1.97. The molecule has 3 heteroatoms. The highest BCUT2D eigenvalue weighted by Gasteiger charge is 2.16. The van der Waals surface area contributed by atoms with E-state index < -0.39 is 9.73 Å². The van der Waals surface area contributed by atoms with Gasteiger partial charge in [0.25, 0.3) is 0 Å². The van der Waals surface area contributed by atoms with Gasteiger partial charge in [-0.1, -0.05) is 6.92 Å². The third-order valence-electron chi connectivity index (χ3n) is 1.88. The molecule has 9 heavy (non-hydrogen) atoms. The molecule has 1 aliphatic heterocycles. The van der Waals surface area contributed by atoms with Crippen LogP contribution < -0.4 is 0 Å². The molecule has 0 bridgehead atoms. The van der Waals surface area contributed by atoms with Crippen molar-refractivity contribution in [2.45, 2.75) is 19.8 Å². The van der Waals surface area contributed by atoms with E-state index in [9.17, 15) is 4.21 Å². The van der Waals surface area contributed by atoms with Crippen LogP contribution in [0.4, 0.5) is 0 Å². The third kappa shape index (κ3) is 1.97. The molecule has 0 spiro atoms. The zero-order chi connectivity index (χ0) is 6.91. The van der Waals surface area contributed by atoms with Crippen molar-refractivity contribution in [2.24, 2.45) is 5.92 Å². The van der Waals surface area contributed by atoms with Gasteiger partial charge in [-0.3, -0.25) is 4.78 Å². The van der Waals surface area contributed by atoms with Crippen LogP contribution in [0, 0.1) is 10.7 Å². The van der Waals surface area contributed by atoms with Gasteiger partial charge in [-0.2, -0.15) is 0 Å². The maximum absolute atomic E-state index is 11.0. The van der Waals surface area contributed by atoms with Gasteiger partial charge in [-0.15, -0.1) is 0 Å². The number of hydrogen-bond acceptors (Lipinski definition) is 2. The van der Waals surface area contributed by atoms with Gasteiger partial charge in [-0.05, 0) is 18.8 Å². The highest BCUT2D eigenvalue weighted by molar-refractivity contribution is 7.92. The Kier molecular flexibility index (Phi) is 1.80. The summed E-state index contributed by atoms with van der Waals surface area (Å²) in [6.45, 7) is 2.16. The predicted molar refractivity (Wildman–Crippen MR) is 39.0 cm³/mol. The molecule has 0 aromatic carbocycles. The molecular weight excluding hydrogens is 134 g/mol. The van der Waals surface area contributed by atoms with Crippen LogP contribution in [-0.4, -0.2) is 15.7 Å². The molecule has 0 aromatic rings. The topological polar surface area (TPSA) is 40.9 Å². The lowest BCUT2D eigenvalue weighted by Crippen LogP contribution is -2.20. The Balaban J connectivity index is 2.55. The second kappa shape index (κ2) is 2.29. The molecular formula is C6H13NOS. The monoisotopic (exact) mass is 147 g/mol. The minimum atomic E-state index is -2.12. The summed E-state index contributed by atoms with van der Waals surface area (Å²) in [6, 6.07) is 0. The van der Waals surface area contributed by atoms with E-state index in [0.29, 0.717) is 17.4 Å². The second-order valence-electron chi connectivity index (χ2n) is 2.90. The smallest absolute Gasteiger partial charge is 0.0441 e. The van der Waals surface area contributed by atoms with E-state index in [4.69, 9.17) is 4.78 Å². The molecule has 0 saturated carbocycles. The van der Waals surface area contributed by atoms with Crippen LogP contribution in [0.25, 0.3) is 0 Å². The van der Waals surface area contributed by atoms with Gasteiger partial charge in [-0.25, -0.2) is 4.21 Å². The lowest BCUT2D eigenvalue weighted by atomic mass is 10.1. The van der Waals surface area contributed by atoms with Gasteiger partial charge in [0, 0.05) is 21.2 Å². The van der Waals surface area contributed by atoms with Crippen LogP contribution in [-0.2, 0) is 9.73 Å². The third-order valence-corrected chi connectivity index (χ3v) is 3.67. The van der Waals surface area contributed by atoms with E-state index in [2.05, 4.69) is 6.92 Å². The minimum Gasteiger partial charge on any atom is -0.253 e. The molecule has 0 atom stereocenters. The molecule has 1 N–H and O–H groups in total. The molecule has 1 aliphatic rings. The Morgan fingerprint density at radius 2 is 1.89 bits per heavy atom. The van der Waals surface area contributed by atoms with Gasteiger partial charge < -0.3 is 0 Å². The summed E-state index contributed by atoms with van der Waals surface area (Å²) < 4.78 is 18.3. The summed E-state index contributed by atoms with van der Waals surface area (Å²) in [5.41, 5.74) is 0. The Morgan fingerprint density at radius 1 is 1.44 bits per heavy atom. The highest BCUT2D eigenvalue weighted by Crippen LogP contribution is 2.17. The first kappa shape index (κ1) is 7.06. The zero-order valence-electron chi connectivity index (χ0n) is 5.72. The average molecular weight is 147 g/mol. The van der Waals surface area contributed by atoms with Crippen LogP contribution in [0.15, 0.2) is 0 Å². The van der Waals surface area contributed by atoms with Crippen LogP contribution >= 0.6 is 0 Å². The van der Waals surface area contributed by atoms with Crippen molar-refractivity contribution in [1.82, 2.24) is 0 Å². The van der Waals surface area contributed by atoms with Crippen LogP contribution in [0.2, 0.25) is 0 Å². The molecule has 54 valence electrons. The maximum atomic E-state index is 11.0. The average Bonchev–Trinajstić information content (AvgIpc) is 1.78. The molecule has 0 aliphatic carbocycles. The van der Waals surface area contributed by atoms with Gasteiger partial charge in [0.15, 0.2) is 0 Å². The van der Waals surface area contributed by atoms with Gasteiger partial charge in [0.05, 0.1) is 0 Å². The largest absolute Gasteiger partial charge is 0.253 e. The summed E-state index contributed by atoms with van der Waals surface area (Å²) in [7, 11) is -2.12. The fourth-order valence-electron chi connectivity index (χ4n) is 1.03. The van der Waals surface area contributed by atoms with Crippen molar-refractivity contribution in [3.05, 3.63) is 0 Å². The first-order valence-corrected chi connectivity index (χ1v) is 5.24. The number of rotatable bonds is 0. The number of hydrogen-bond donors (Lipinski definition) is 1. The first-order chi connectivity index (χ1) is 4.10. The second-order valence-corrected chi connectivity index (χ2v) is 5.34. The van der Waals surface area contributed by atoms with Gasteiger partial charge in [0.2, 0.25) is 0 Å². The van der Waals surface area contributed by atoms with Crippen molar-refractivity contribution >= 4 is 9.73 Å². The van der Waals surface area contributed by atoms with Crippen LogP contribution in [0.5, 0.6) is 0 Å². The molecule has 1 fully saturated rings. The van der Waals surface area contributed by atoms with E-state index in [1.807, 2.05) is 0 Å². The number of nitrogens with one attached hydrogen (secondary N) is 1. The molecule has 0 radical (unpaired) electrons. The van der Waals surface area contributed by atoms with Crippen LogP contribution in [0.1, 0.15) is 19.8 Å². The zero-order valence-corrected chi connectivity index (χ0v) is 6.54. The van der Waals surface area contributed by atoms with E-state index in [-0.39, 0.29) is 0 Å². The van der Waals surface area contributed by atoms with E-state index in [0.717, 1.165) is 12.8 Å². The van der Waals surface area contributed by atoms with E-state index in [1.54, 1.807) is 0 Å². The normalized spacial score (nSPS) is 44.8. The van der Waals surface area contributed by atoms with Crippen molar-refractivity contribution in [3.63, 3.8) is 0 Å². The Morgan fingerprint density at radius 3 is 2.22 bits per heavy atom. The molecule has 2 nitrogen and oxygen atoms in total. The Labute approximate surface area is 56.6 Å². The lowest BCUT2D eigenvalue weighted by Gasteiger charge is -2.18. The molecule has 0 amide bonds. The van der Waals surface area contributed by atoms with E-state index in [1.165, 1.54) is 0 Å². The molecule has 0 aromatic heterocycles. The van der Waals surface area contributed by atoms with Crippen LogP contribution in [0.3, 0.4) is 0 Å². The Hall–Kier alpha value is -0.0500. The van der Waals surface area contributed by atoms with Gasteiger partial charge >= 0.3 is 0 Å². The summed E-state index contributed by atoms with van der Waals surface area (Å²) >= 11 is 0. The quantitative estimate of drug-likeness (QED) is 0.553. The Bertz CT molecular complexity index is 169. The SMILES string of the molecule is C[C@H]1CC[S@](=N)(=O)CC1. The summed E-state index contributed by atoms with van der Waals surface area (Å²) in [4.78, 5) is 0. The molecule has 1 rings (SSSR count). The first-order valence-electron chi connectivity index (χ1n) is 3.34. The standard InChI is InChI=1S/C6H13NOS/c1-6-2-4-9(7,8)5-3-6/h6-7H,2-5H2,1H3/t6-,9-. The van der Waals surface area contributed by atoms with Crippen molar-refractivity contribution < 1.29 is 4.21 Å². The fourth-order valence-corrected chi connectivity index (χ4v) is 2.80. The predicted octanol–water partition coefficient (Wildman–Crippen LogP) is 1.46. The molecule has 1 heterocycles. The summed E-state index contributed by atoms with van der Waals surface area (Å²) in [6.07, 6.45) is 1.98. The summed E-state index contributed by atoms with van der Waals surface area (Å²) in [5, 5.41) is 0. The van der Waals surface area contributed by atoms with Gasteiger partial charge in [0.1, 0.15) is 0 Å². The maximum Gasteiger partial charge on any atom is 0.0441 e. The molecule has 1 saturated heterocycles. The lowest BCUT2D eigenvalue weighted by molar-refractivity contribution is 0.522. The van der Waals surface area contributed by atoms with Crippen molar-refractivity contribution in [2.75, 3.05) is 11.5 Å².